The maximum Gasteiger partial charge on any atom is 0.311 e. The van der Waals surface area contributed by atoms with Crippen molar-refractivity contribution in [3.05, 3.63) is 0 Å². The summed E-state index contributed by atoms with van der Waals surface area (Å²) >= 11 is 0. The van der Waals surface area contributed by atoms with E-state index >= 15 is 0 Å². The smallest absolute Gasteiger partial charge is 0.311 e. The highest BCUT2D eigenvalue weighted by atomic mass is 16.6. The fraction of sp³-hybridized carbons (Fsp3) is 0.857. The van der Waals surface area contributed by atoms with E-state index in [-0.39, 0.29) is 68.4 Å². The third kappa shape index (κ3) is 16.6. The Bertz CT molecular complexity index is 729. The lowest BCUT2D eigenvalue weighted by Crippen LogP contribution is -2.35. The highest BCUT2D eigenvalue weighted by molar-refractivity contribution is 5.78. The second kappa shape index (κ2) is 16.9. The van der Waals surface area contributed by atoms with Crippen LogP contribution in [0.4, 0.5) is 0 Å². The minimum absolute atomic E-state index is 0.0498. The molecule has 0 saturated heterocycles. The molecule has 216 valence electrons. The van der Waals surface area contributed by atoms with Crippen LogP contribution in [0.2, 0.25) is 0 Å². The van der Waals surface area contributed by atoms with Gasteiger partial charge in [-0.3, -0.25) is 19.2 Å². The number of ether oxygens (including phenoxy) is 5. The van der Waals surface area contributed by atoms with Crippen LogP contribution in [0, 0.1) is 23.7 Å². The standard InChI is InChI=1S/C28H50O9/c1-19(23(5)29)15-33-17-21(3)25(31)35-13-11-27(7,8)36-14-12-28(9,10)37-26(32)22(4)18-34-16-20(2)24(6)30/h19-22H,11-18H2,1-10H3. The van der Waals surface area contributed by atoms with Gasteiger partial charge in [0.05, 0.1) is 57.1 Å². The fourth-order valence-corrected chi connectivity index (χ4v) is 2.82. The summed E-state index contributed by atoms with van der Waals surface area (Å²) in [5, 5.41) is 0. The first-order valence-corrected chi connectivity index (χ1v) is 13.2. The van der Waals surface area contributed by atoms with E-state index in [0.717, 1.165) is 0 Å². The minimum Gasteiger partial charge on any atom is -0.465 e. The summed E-state index contributed by atoms with van der Waals surface area (Å²) in [7, 11) is 0. The average molecular weight is 531 g/mol. The van der Waals surface area contributed by atoms with Crippen LogP contribution < -0.4 is 0 Å². The van der Waals surface area contributed by atoms with Gasteiger partial charge in [-0.15, -0.1) is 0 Å². The van der Waals surface area contributed by atoms with Crippen molar-refractivity contribution >= 4 is 23.5 Å². The fourth-order valence-electron chi connectivity index (χ4n) is 2.82. The van der Waals surface area contributed by atoms with Crippen LogP contribution in [0.15, 0.2) is 0 Å². The molecule has 37 heavy (non-hydrogen) atoms. The lowest BCUT2D eigenvalue weighted by Gasteiger charge is -2.30. The molecule has 4 unspecified atom stereocenters. The molecule has 0 fully saturated rings. The molecule has 0 aliphatic rings. The lowest BCUT2D eigenvalue weighted by atomic mass is 10.0. The van der Waals surface area contributed by atoms with Crippen LogP contribution in [-0.4, -0.2) is 74.3 Å². The molecule has 0 amide bonds. The predicted molar refractivity (Wildman–Crippen MR) is 140 cm³/mol. The molecule has 0 aliphatic carbocycles. The topological polar surface area (TPSA) is 114 Å². The van der Waals surface area contributed by atoms with Crippen molar-refractivity contribution in [2.75, 3.05) is 39.6 Å². The van der Waals surface area contributed by atoms with Crippen molar-refractivity contribution < 1.29 is 42.9 Å². The Hall–Kier alpha value is -1.84. The van der Waals surface area contributed by atoms with Crippen molar-refractivity contribution in [1.29, 1.82) is 0 Å². The molecular formula is C28H50O9. The summed E-state index contributed by atoms with van der Waals surface area (Å²) in [5.74, 6) is -1.88. The predicted octanol–water partition coefficient (Wildman–Crippen LogP) is 4.18. The minimum atomic E-state index is -0.726. The van der Waals surface area contributed by atoms with E-state index in [4.69, 9.17) is 23.7 Å². The van der Waals surface area contributed by atoms with Gasteiger partial charge in [-0.25, -0.2) is 0 Å². The van der Waals surface area contributed by atoms with Gasteiger partial charge in [-0.05, 0) is 55.4 Å². The Morgan fingerprint density at radius 1 is 0.595 bits per heavy atom. The van der Waals surface area contributed by atoms with Gasteiger partial charge in [0.2, 0.25) is 0 Å². The van der Waals surface area contributed by atoms with Crippen LogP contribution in [0.3, 0.4) is 0 Å². The van der Waals surface area contributed by atoms with Gasteiger partial charge in [0, 0.05) is 24.7 Å². The van der Waals surface area contributed by atoms with Gasteiger partial charge in [-0.2, -0.15) is 0 Å². The van der Waals surface area contributed by atoms with Crippen LogP contribution in [-0.2, 0) is 42.9 Å². The van der Waals surface area contributed by atoms with E-state index < -0.39 is 23.0 Å². The quantitative estimate of drug-likeness (QED) is 0.214. The van der Waals surface area contributed by atoms with E-state index in [2.05, 4.69) is 0 Å². The number of rotatable bonds is 20. The Morgan fingerprint density at radius 3 is 1.46 bits per heavy atom. The summed E-state index contributed by atoms with van der Waals surface area (Å²) in [6, 6.07) is 0. The zero-order valence-electron chi connectivity index (χ0n) is 24.6. The number of hydrogen-bond acceptors (Lipinski definition) is 9. The summed E-state index contributed by atoms with van der Waals surface area (Å²) < 4.78 is 27.9. The third-order valence-corrected chi connectivity index (χ3v) is 6.19. The van der Waals surface area contributed by atoms with E-state index in [1.165, 1.54) is 13.8 Å². The van der Waals surface area contributed by atoms with E-state index in [1.54, 1.807) is 27.7 Å². The molecule has 0 bridgehead atoms. The van der Waals surface area contributed by atoms with Crippen LogP contribution in [0.25, 0.3) is 0 Å². The number of carbonyl (C=O) groups is 4. The van der Waals surface area contributed by atoms with E-state index in [0.29, 0.717) is 19.4 Å². The molecule has 0 spiro atoms. The second-order valence-electron chi connectivity index (χ2n) is 11.4. The van der Waals surface area contributed by atoms with E-state index in [1.807, 2.05) is 27.7 Å². The van der Waals surface area contributed by atoms with Crippen LogP contribution in [0.5, 0.6) is 0 Å². The molecule has 9 nitrogen and oxygen atoms in total. The molecule has 0 N–H and O–H groups in total. The highest BCUT2D eigenvalue weighted by Gasteiger charge is 2.28. The molecular weight excluding hydrogens is 480 g/mol. The molecule has 0 saturated carbocycles. The van der Waals surface area contributed by atoms with Gasteiger partial charge in [0.15, 0.2) is 0 Å². The lowest BCUT2D eigenvalue weighted by molar-refractivity contribution is -0.165. The molecule has 0 aliphatic heterocycles. The Morgan fingerprint density at radius 2 is 1.00 bits per heavy atom. The van der Waals surface area contributed by atoms with Gasteiger partial charge in [0.1, 0.15) is 17.2 Å². The largest absolute Gasteiger partial charge is 0.465 e. The summed E-state index contributed by atoms with van der Waals surface area (Å²) in [6.45, 7) is 19.1. The Balaban J connectivity index is 4.28. The SMILES string of the molecule is CC(=O)C(C)COCC(C)C(=O)OCCC(C)(C)OCCC(C)(C)OC(=O)C(C)COCC(C)C(C)=O. The Labute approximate surface area is 223 Å². The first-order valence-electron chi connectivity index (χ1n) is 13.2. The van der Waals surface area contributed by atoms with Gasteiger partial charge >= 0.3 is 11.9 Å². The molecule has 0 aromatic heterocycles. The molecule has 0 radical (unpaired) electrons. The Kier molecular flexibility index (Phi) is 16.0. The van der Waals surface area contributed by atoms with Gasteiger partial charge in [0.25, 0.3) is 0 Å². The van der Waals surface area contributed by atoms with Gasteiger partial charge < -0.3 is 23.7 Å². The van der Waals surface area contributed by atoms with E-state index in [9.17, 15) is 19.2 Å². The second-order valence-corrected chi connectivity index (χ2v) is 11.4. The molecule has 9 heteroatoms. The number of ketones is 2. The molecule has 0 aromatic rings. The number of hydrogen-bond donors (Lipinski definition) is 0. The first kappa shape index (κ1) is 35.2. The maximum atomic E-state index is 12.4. The molecule has 0 rings (SSSR count). The summed E-state index contributed by atoms with van der Waals surface area (Å²) in [4.78, 5) is 47.1. The average Bonchev–Trinajstić information content (AvgIpc) is 2.77. The maximum absolute atomic E-state index is 12.4. The summed E-state index contributed by atoms with van der Waals surface area (Å²) in [6.07, 6.45) is 0.991. The van der Waals surface area contributed by atoms with Crippen LogP contribution >= 0.6 is 0 Å². The molecule has 0 aromatic carbocycles. The van der Waals surface area contributed by atoms with Crippen LogP contribution in [0.1, 0.15) is 82.1 Å². The molecule has 4 atom stereocenters. The van der Waals surface area contributed by atoms with Crippen molar-refractivity contribution in [3.63, 3.8) is 0 Å². The van der Waals surface area contributed by atoms with Crippen molar-refractivity contribution in [2.24, 2.45) is 23.7 Å². The van der Waals surface area contributed by atoms with Crippen molar-refractivity contribution in [2.45, 2.75) is 93.3 Å². The zero-order chi connectivity index (χ0) is 28.8. The zero-order valence-corrected chi connectivity index (χ0v) is 24.6. The first-order chi connectivity index (χ1) is 17.0. The van der Waals surface area contributed by atoms with Gasteiger partial charge in [-0.1, -0.05) is 13.8 Å². The normalized spacial score (nSPS) is 15.4. The number of Topliss-reactive ketones (excluding diaryl/α,β-unsaturated/α-hetero) is 2. The highest BCUT2D eigenvalue weighted by Crippen LogP contribution is 2.21. The van der Waals surface area contributed by atoms with Crippen molar-refractivity contribution in [3.8, 4) is 0 Å². The van der Waals surface area contributed by atoms with Crippen molar-refractivity contribution in [1.82, 2.24) is 0 Å². The molecule has 0 heterocycles. The number of esters is 2. The third-order valence-electron chi connectivity index (χ3n) is 6.19. The monoisotopic (exact) mass is 530 g/mol. The number of carbonyl (C=O) groups excluding carboxylic acids is 4. The summed E-state index contributed by atoms with van der Waals surface area (Å²) in [5.41, 5.74) is -1.26.